The molecule has 1 atom stereocenters. The molecule has 1 aromatic carbocycles. The van der Waals surface area contributed by atoms with E-state index in [1.165, 1.54) is 26.6 Å². The maximum Gasteiger partial charge on any atom is 0.264 e. The van der Waals surface area contributed by atoms with Gasteiger partial charge in [0.25, 0.3) is 5.91 Å². The highest BCUT2D eigenvalue weighted by molar-refractivity contribution is 7.92. The molecule has 0 saturated carbocycles. The molecule has 27 heavy (non-hydrogen) atoms. The lowest BCUT2D eigenvalue weighted by atomic mass is 10.0. The van der Waals surface area contributed by atoms with Crippen molar-refractivity contribution in [1.82, 2.24) is 10.6 Å². The van der Waals surface area contributed by atoms with E-state index in [-0.39, 0.29) is 12.8 Å². The SMILES string of the molecule is COc1cccc(OC)c1-c1cc(CCC(C)(C(=O)NO)S(C)(=O)=O)on1. The van der Waals surface area contributed by atoms with Crippen LogP contribution >= 0.6 is 0 Å². The quantitative estimate of drug-likeness (QED) is 0.507. The van der Waals surface area contributed by atoms with Crippen LogP contribution in [0.3, 0.4) is 0 Å². The van der Waals surface area contributed by atoms with Crippen LogP contribution in [0.25, 0.3) is 11.3 Å². The lowest BCUT2D eigenvalue weighted by Crippen LogP contribution is -2.49. The molecule has 0 bridgehead atoms. The minimum absolute atomic E-state index is 0.101. The van der Waals surface area contributed by atoms with Crippen LogP contribution in [-0.4, -0.2) is 49.9 Å². The van der Waals surface area contributed by atoms with E-state index in [9.17, 15) is 13.2 Å². The molecule has 2 N–H and O–H groups in total. The summed E-state index contributed by atoms with van der Waals surface area (Å²) in [6, 6.07) is 6.89. The Morgan fingerprint density at radius 2 is 1.89 bits per heavy atom. The first kappa shape index (κ1) is 20.7. The highest BCUT2D eigenvalue weighted by atomic mass is 32.2. The number of nitrogens with zero attached hydrogens (tertiary/aromatic N) is 1. The molecular weight excluding hydrogens is 376 g/mol. The summed E-state index contributed by atoms with van der Waals surface area (Å²) in [6.07, 6.45) is 0.950. The number of aromatic nitrogens is 1. The van der Waals surface area contributed by atoms with E-state index in [1.807, 2.05) is 0 Å². The standard InChI is InChI=1S/C17H22N2O7S/c1-17(16(20)18-21,27(4,22)23)9-8-11-10-12(19-26-11)15-13(24-2)6-5-7-14(15)25-3/h5-7,10,21H,8-9H2,1-4H3,(H,18,20). The van der Waals surface area contributed by atoms with Crippen LogP contribution in [0.1, 0.15) is 19.1 Å². The van der Waals surface area contributed by atoms with E-state index in [0.29, 0.717) is 28.5 Å². The van der Waals surface area contributed by atoms with Gasteiger partial charge in [0, 0.05) is 18.7 Å². The number of hydrogen-bond donors (Lipinski definition) is 2. The van der Waals surface area contributed by atoms with Crippen LogP contribution in [0, 0.1) is 0 Å². The molecule has 0 aliphatic carbocycles. The molecular formula is C17H22N2O7S. The van der Waals surface area contributed by atoms with E-state index in [4.69, 9.17) is 19.2 Å². The second kappa shape index (κ2) is 7.97. The van der Waals surface area contributed by atoms with Crippen LogP contribution in [0.4, 0.5) is 0 Å². The molecule has 1 aromatic heterocycles. The molecule has 0 aliphatic heterocycles. The van der Waals surface area contributed by atoms with Crippen LogP contribution in [0.15, 0.2) is 28.8 Å². The van der Waals surface area contributed by atoms with Crippen LogP contribution in [-0.2, 0) is 21.1 Å². The molecule has 0 aliphatic rings. The third-order valence-electron chi connectivity index (χ3n) is 4.49. The number of amides is 1. The average molecular weight is 398 g/mol. The minimum atomic E-state index is -3.79. The zero-order valence-electron chi connectivity index (χ0n) is 15.5. The van der Waals surface area contributed by atoms with Crippen molar-refractivity contribution in [2.75, 3.05) is 20.5 Å². The smallest absolute Gasteiger partial charge is 0.264 e. The summed E-state index contributed by atoms with van der Waals surface area (Å²) in [5.41, 5.74) is 2.46. The largest absolute Gasteiger partial charge is 0.496 e. The fraction of sp³-hybridized carbons (Fsp3) is 0.412. The topological polar surface area (TPSA) is 128 Å². The molecule has 2 rings (SSSR count). The van der Waals surface area contributed by atoms with Gasteiger partial charge in [-0.05, 0) is 25.5 Å². The Bertz CT molecular complexity index is 901. The first-order valence-electron chi connectivity index (χ1n) is 7.99. The minimum Gasteiger partial charge on any atom is -0.496 e. The zero-order valence-corrected chi connectivity index (χ0v) is 16.3. The van der Waals surface area contributed by atoms with Crippen molar-refractivity contribution in [3.8, 4) is 22.8 Å². The molecule has 0 saturated heterocycles. The second-order valence-corrected chi connectivity index (χ2v) is 8.61. The van der Waals surface area contributed by atoms with E-state index < -0.39 is 20.5 Å². The summed E-state index contributed by atoms with van der Waals surface area (Å²) in [6.45, 7) is 1.24. The summed E-state index contributed by atoms with van der Waals surface area (Å²) in [4.78, 5) is 11.9. The average Bonchev–Trinajstić information content (AvgIpc) is 3.12. The first-order chi connectivity index (χ1) is 12.7. The molecule has 0 spiro atoms. The lowest BCUT2D eigenvalue weighted by molar-refractivity contribution is -0.131. The molecule has 1 unspecified atom stereocenters. The Balaban J connectivity index is 2.31. The molecule has 10 heteroatoms. The number of carbonyl (C=O) groups excluding carboxylic acids is 1. The van der Waals surface area contributed by atoms with Crippen molar-refractivity contribution in [3.05, 3.63) is 30.0 Å². The van der Waals surface area contributed by atoms with Gasteiger partial charge in [0.05, 0.1) is 19.8 Å². The Labute approximate surface area is 157 Å². The van der Waals surface area contributed by atoms with Crippen molar-refractivity contribution in [2.24, 2.45) is 0 Å². The van der Waals surface area contributed by atoms with Gasteiger partial charge in [0.1, 0.15) is 27.7 Å². The molecule has 1 heterocycles. The molecule has 2 aromatic rings. The molecule has 9 nitrogen and oxygen atoms in total. The van der Waals surface area contributed by atoms with E-state index in [2.05, 4.69) is 5.16 Å². The van der Waals surface area contributed by atoms with Crippen LogP contribution < -0.4 is 15.0 Å². The van der Waals surface area contributed by atoms with Crippen molar-refractivity contribution < 1.29 is 32.4 Å². The maximum absolute atomic E-state index is 12.0. The summed E-state index contributed by atoms with van der Waals surface area (Å²) in [5, 5.41) is 12.9. The number of nitrogens with one attached hydrogen (secondary N) is 1. The lowest BCUT2D eigenvalue weighted by Gasteiger charge is -2.24. The van der Waals surface area contributed by atoms with Crippen molar-refractivity contribution in [1.29, 1.82) is 0 Å². The Morgan fingerprint density at radius 1 is 1.30 bits per heavy atom. The van der Waals surface area contributed by atoms with Gasteiger partial charge < -0.3 is 14.0 Å². The monoisotopic (exact) mass is 398 g/mol. The van der Waals surface area contributed by atoms with E-state index in [1.54, 1.807) is 24.3 Å². The van der Waals surface area contributed by atoms with E-state index in [0.717, 1.165) is 6.26 Å². The second-order valence-electron chi connectivity index (χ2n) is 6.16. The van der Waals surface area contributed by atoms with E-state index >= 15 is 0 Å². The third kappa shape index (κ3) is 4.06. The molecule has 148 valence electrons. The number of benzene rings is 1. The Kier molecular flexibility index (Phi) is 6.11. The fourth-order valence-corrected chi connectivity index (χ4v) is 3.45. The Morgan fingerprint density at radius 3 is 2.37 bits per heavy atom. The van der Waals surface area contributed by atoms with Crippen molar-refractivity contribution in [2.45, 2.75) is 24.5 Å². The van der Waals surface area contributed by atoms with Gasteiger partial charge in [-0.1, -0.05) is 11.2 Å². The number of methoxy groups -OCH3 is 2. The van der Waals surface area contributed by atoms with Crippen LogP contribution in [0.5, 0.6) is 11.5 Å². The number of sulfone groups is 1. The van der Waals surface area contributed by atoms with Gasteiger partial charge >= 0.3 is 0 Å². The van der Waals surface area contributed by atoms with Gasteiger partial charge in [-0.2, -0.15) is 0 Å². The van der Waals surface area contributed by atoms with Crippen molar-refractivity contribution in [3.63, 3.8) is 0 Å². The van der Waals surface area contributed by atoms with Gasteiger partial charge in [0.15, 0.2) is 9.84 Å². The maximum atomic E-state index is 12.0. The molecule has 0 fully saturated rings. The summed E-state index contributed by atoms with van der Waals surface area (Å²) >= 11 is 0. The van der Waals surface area contributed by atoms with Gasteiger partial charge in [-0.15, -0.1) is 0 Å². The Hall–Kier alpha value is -2.59. The summed E-state index contributed by atoms with van der Waals surface area (Å²) in [5.74, 6) is 0.444. The number of rotatable bonds is 8. The van der Waals surface area contributed by atoms with Gasteiger partial charge in [-0.3, -0.25) is 10.0 Å². The predicted octanol–water partition coefficient (Wildman–Crippen LogP) is 1.60. The molecule has 1 amide bonds. The highest BCUT2D eigenvalue weighted by Crippen LogP contribution is 2.38. The zero-order chi connectivity index (χ0) is 20.2. The normalized spacial score (nSPS) is 13.7. The van der Waals surface area contributed by atoms with Gasteiger partial charge in [0.2, 0.25) is 0 Å². The molecule has 0 radical (unpaired) electrons. The number of aryl methyl sites for hydroxylation is 1. The number of hydroxylamine groups is 1. The number of hydrogen-bond acceptors (Lipinski definition) is 8. The summed E-state index contributed by atoms with van der Waals surface area (Å²) in [7, 11) is -0.750. The fourth-order valence-electron chi connectivity index (χ4n) is 2.60. The predicted molar refractivity (Wildman–Crippen MR) is 96.5 cm³/mol. The number of ether oxygens (including phenoxy) is 2. The third-order valence-corrected chi connectivity index (χ3v) is 6.52. The summed E-state index contributed by atoms with van der Waals surface area (Å²) < 4.78 is 38.2. The highest BCUT2D eigenvalue weighted by Gasteiger charge is 2.43. The van der Waals surface area contributed by atoms with Crippen LogP contribution in [0.2, 0.25) is 0 Å². The first-order valence-corrected chi connectivity index (χ1v) is 9.88. The van der Waals surface area contributed by atoms with Gasteiger partial charge in [-0.25, -0.2) is 13.9 Å². The number of carbonyl (C=O) groups is 1. The van der Waals surface area contributed by atoms with Crippen molar-refractivity contribution >= 4 is 15.7 Å².